The van der Waals surface area contributed by atoms with Crippen molar-refractivity contribution >= 4 is 5.69 Å². The second-order valence-electron chi connectivity index (χ2n) is 6.22. The highest BCUT2D eigenvalue weighted by atomic mass is 15.4. The van der Waals surface area contributed by atoms with Crippen LogP contribution in [0.2, 0.25) is 0 Å². The minimum Gasteiger partial charge on any atom is -0.308 e. The van der Waals surface area contributed by atoms with Gasteiger partial charge in [0.1, 0.15) is 0 Å². The Hall–Kier alpha value is -1.54. The van der Waals surface area contributed by atoms with Crippen LogP contribution in [0.15, 0.2) is 54.6 Å². The molecule has 2 heteroatoms. The summed E-state index contributed by atoms with van der Waals surface area (Å²) in [6.45, 7) is 0. The van der Waals surface area contributed by atoms with Gasteiger partial charge in [0.15, 0.2) is 0 Å². The van der Waals surface area contributed by atoms with E-state index in [2.05, 4.69) is 24.3 Å². The Bertz CT molecular complexity index is 436. The second kappa shape index (κ2) is 10.2. The summed E-state index contributed by atoms with van der Waals surface area (Å²) in [5, 5.41) is 2.00. The molecule has 0 unspecified atom stereocenters. The third-order valence-corrected chi connectivity index (χ3v) is 4.47. The molecular weight excluding hydrogens is 268 g/mol. The summed E-state index contributed by atoms with van der Waals surface area (Å²) < 4.78 is 0. The molecule has 1 saturated carbocycles. The van der Waals surface area contributed by atoms with Crippen LogP contribution in [0.4, 0.5) is 5.69 Å². The zero-order valence-electron chi connectivity index (χ0n) is 13.7. The lowest BCUT2D eigenvalue weighted by molar-refractivity contribution is 0.440. The minimum atomic E-state index is 0.463. The molecule has 0 bridgehead atoms. The van der Waals surface area contributed by atoms with Gasteiger partial charge in [-0.3, -0.25) is 0 Å². The zero-order valence-corrected chi connectivity index (χ0v) is 13.7. The lowest BCUT2D eigenvalue weighted by Crippen LogP contribution is -2.41. The van der Waals surface area contributed by atoms with E-state index in [9.17, 15) is 0 Å². The van der Waals surface area contributed by atoms with Gasteiger partial charge in [0.25, 0.3) is 0 Å². The summed E-state index contributed by atoms with van der Waals surface area (Å²) in [6.07, 6.45) is 11.9. The monoisotopic (exact) mass is 298 g/mol. The Balaban J connectivity index is 2.11. The van der Waals surface area contributed by atoms with Crippen molar-refractivity contribution < 1.29 is 0 Å². The SMILES string of the molecule is NN(c1ccccccccc1)C1CCCCCCCCC1. The van der Waals surface area contributed by atoms with Gasteiger partial charge in [-0.05, 0) is 25.0 Å². The molecule has 1 fully saturated rings. The zero-order chi connectivity index (χ0) is 15.5. The molecule has 1 aromatic carbocycles. The fraction of sp³-hybridized carbons (Fsp3) is 0.500. The van der Waals surface area contributed by atoms with Crippen molar-refractivity contribution in [1.82, 2.24) is 0 Å². The lowest BCUT2D eigenvalue weighted by atomic mass is 9.97. The van der Waals surface area contributed by atoms with Gasteiger partial charge in [-0.25, -0.2) is 5.84 Å². The van der Waals surface area contributed by atoms with Crippen molar-refractivity contribution in [3.8, 4) is 0 Å². The number of rotatable bonds is 2. The van der Waals surface area contributed by atoms with Crippen LogP contribution in [-0.4, -0.2) is 6.04 Å². The molecule has 2 N–H and O–H groups in total. The molecule has 1 aliphatic rings. The average molecular weight is 298 g/mol. The molecule has 1 aliphatic carbocycles. The smallest absolute Gasteiger partial charge is 0.0520 e. The van der Waals surface area contributed by atoms with Crippen LogP contribution in [0.1, 0.15) is 57.8 Å². The van der Waals surface area contributed by atoms with Gasteiger partial charge in [0.05, 0.1) is 5.69 Å². The highest BCUT2D eigenvalue weighted by Gasteiger charge is 2.15. The van der Waals surface area contributed by atoms with Gasteiger partial charge in [-0.2, -0.15) is 0 Å². The van der Waals surface area contributed by atoms with E-state index in [1.807, 2.05) is 35.3 Å². The number of anilines is 1. The Morgan fingerprint density at radius 1 is 0.636 bits per heavy atom. The third kappa shape index (κ3) is 6.07. The molecule has 120 valence electrons. The molecule has 0 aliphatic heterocycles. The molecule has 0 spiro atoms. The van der Waals surface area contributed by atoms with Gasteiger partial charge in [0, 0.05) is 6.04 Å². The van der Waals surface area contributed by atoms with Gasteiger partial charge < -0.3 is 5.01 Å². The van der Waals surface area contributed by atoms with Gasteiger partial charge in [-0.1, -0.05) is 87.4 Å². The summed E-state index contributed by atoms with van der Waals surface area (Å²) >= 11 is 0. The van der Waals surface area contributed by atoms with Crippen molar-refractivity contribution in [1.29, 1.82) is 0 Å². The molecule has 0 heterocycles. The maximum absolute atomic E-state index is 6.48. The quantitative estimate of drug-likeness (QED) is 0.586. The van der Waals surface area contributed by atoms with Crippen molar-refractivity contribution in [3.05, 3.63) is 54.6 Å². The average Bonchev–Trinajstić information content (AvgIpc) is 2.56. The van der Waals surface area contributed by atoms with Crippen LogP contribution < -0.4 is 10.9 Å². The molecule has 0 amide bonds. The summed E-state index contributed by atoms with van der Waals surface area (Å²) in [4.78, 5) is 0. The fourth-order valence-electron chi connectivity index (χ4n) is 3.13. The van der Waals surface area contributed by atoms with Crippen molar-refractivity contribution in [2.24, 2.45) is 5.84 Å². The van der Waals surface area contributed by atoms with E-state index in [1.54, 1.807) is 0 Å². The predicted octanol–water partition coefficient (Wildman–Crippen LogP) is 5.38. The van der Waals surface area contributed by atoms with Crippen LogP contribution in [0.25, 0.3) is 0 Å². The molecular formula is C20H30N2. The molecule has 0 atom stereocenters. The first-order valence-electron chi connectivity index (χ1n) is 8.80. The Labute approximate surface area is 135 Å². The predicted molar refractivity (Wildman–Crippen MR) is 96.1 cm³/mol. The van der Waals surface area contributed by atoms with Crippen LogP contribution >= 0.6 is 0 Å². The van der Waals surface area contributed by atoms with E-state index in [0.29, 0.717) is 6.04 Å². The fourth-order valence-corrected chi connectivity index (χ4v) is 3.13. The van der Waals surface area contributed by atoms with E-state index in [1.165, 1.54) is 57.8 Å². The maximum Gasteiger partial charge on any atom is 0.0520 e. The van der Waals surface area contributed by atoms with E-state index in [0.717, 1.165) is 5.69 Å². The normalized spacial score (nSPS) is 17.3. The van der Waals surface area contributed by atoms with Crippen LogP contribution in [0.5, 0.6) is 0 Å². The number of hydrogen-bond acceptors (Lipinski definition) is 2. The van der Waals surface area contributed by atoms with E-state index >= 15 is 0 Å². The van der Waals surface area contributed by atoms with E-state index < -0.39 is 0 Å². The molecule has 0 radical (unpaired) electrons. The third-order valence-electron chi connectivity index (χ3n) is 4.47. The molecule has 22 heavy (non-hydrogen) atoms. The number of hydrazine groups is 1. The molecule has 0 aromatic heterocycles. The highest BCUT2D eigenvalue weighted by Crippen LogP contribution is 2.22. The van der Waals surface area contributed by atoms with Crippen molar-refractivity contribution in [2.75, 3.05) is 5.01 Å². The molecule has 2 rings (SSSR count). The standard InChI is InChI=1S/C20H30N2/c21-22(19-15-11-7-3-1-4-8-12-16-19)20-17-13-9-5-2-6-10-14-18-20/h1,3-4,7-8,11-12,15-16,20H,2,5-6,9-10,13-14,17-18,21H2. The number of hydrogen-bond donors (Lipinski definition) is 1. The molecule has 1 aromatic rings. The van der Waals surface area contributed by atoms with Gasteiger partial charge in [-0.15, -0.1) is 0 Å². The Morgan fingerprint density at radius 3 is 1.55 bits per heavy atom. The van der Waals surface area contributed by atoms with E-state index in [-0.39, 0.29) is 0 Å². The first-order valence-corrected chi connectivity index (χ1v) is 8.80. The number of nitrogens with two attached hydrogens (primary N) is 1. The van der Waals surface area contributed by atoms with Crippen molar-refractivity contribution in [3.63, 3.8) is 0 Å². The maximum atomic E-state index is 6.48. The van der Waals surface area contributed by atoms with Crippen LogP contribution in [-0.2, 0) is 0 Å². The number of nitrogens with zero attached hydrogens (tertiary/aromatic N) is 1. The van der Waals surface area contributed by atoms with Gasteiger partial charge in [0.2, 0.25) is 0 Å². The summed E-state index contributed by atoms with van der Waals surface area (Å²) in [5.74, 6) is 6.48. The van der Waals surface area contributed by atoms with Gasteiger partial charge >= 0.3 is 0 Å². The van der Waals surface area contributed by atoms with Crippen LogP contribution in [0, 0.1) is 0 Å². The molecule has 2 nitrogen and oxygen atoms in total. The van der Waals surface area contributed by atoms with E-state index in [4.69, 9.17) is 5.84 Å². The lowest BCUT2D eigenvalue weighted by Gasteiger charge is -2.30. The summed E-state index contributed by atoms with van der Waals surface area (Å²) in [5.41, 5.74) is 1.10. The largest absolute Gasteiger partial charge is 0.308 e. The summed E-state index contributed by atoms with van der Waals surface area (Å²) in [6, 6.07) is 19.0. The van der Waals surface area contributed by atoms with Crippen LogP contribution in [0.3, 0.4) is 0 Å². The van der Waals surface area contributed by atoms with Crippen molar-refractivity contribution in [2.45, 2.75) is 63.8 Å². The highest BCUT2D eigenvalue weighted by molar-refractivity contribution is 5.43. The Kier molecular flexibility index (Phi) is 7.82. The second-order valence-corrected chi connectivity index (χ2v) is 6.22. The first-order chi connectivity index (χ1) is 10.9. The molecule has 0 saturated heterocycles. The minimum absolute atomic E-state index is 0.463. The summed E-state index contributed by atoms with van der Waals surface area (Å²) in [7, 11) is 0. The first kappa shape index (κ1) is 16.8. The topological polar surface area (TPSA) is 29.3 Å². The Morgan fingerprint density at radius 2 is 1.05 bits per heavy atom.